The Morgan fingerprint density at radius 3 is 2.17 bits per heavy atom. The van der Waals surface area contributed by atoms with Crippen molar-refractivity contribution in [2.75, 3.05) is 25.1 Å². The average molecular weight is 562 g/mol. The molecule has 0 spiro atoms. The number of pyridine rings is 1. The summed E-state index contributed by atoms with van der Waals surface area (Å²) in [5.74, 6) is 1.72. The summed E-state index contributed by atoms with van der Waals surface area (Å²) >= 11 is 0. The zero-order valence-electron chi connectivity index (χ0n) is 24.4. The number of carboxylic acid groups (broad SMARTS) is 1. The van der Waals surface area contributed by atoms with Gasteiger partial charge in [0.15, 0.2) is 0 Å². The second kappa shape index (κ2) is 16.9. The number of ether oxygens (including phenoxy) is 2. The molecule has 3 rings (SSSR count). The van der Waals surface area contributed by atoms with Crippen molar-refractivity contribution < 1.29 is 24.2 Å². The van der Waals surface area contributed by atoms with Crippen LogP contribution in [0.15, 0.2) is 66.7 Å². The van der Waals surface area contributed by atoms with Crippen LogP contribution in [0.25, 0.3) is 0 Å². The second-order valence-electron chi connectivity index (χ2n) is 10.7. The molecule has 0 saturated heterocycles. The highest BCUT2D eigenvalue weighted by molar-refractivity contribution is 5.94. The summed E-state index contributed by atoms with van der Waals surface area (Å²) in [6.07, 6.45) is 4.34. The molecule has 0 bridgehead atoms. The van der Waals surface area contributed by atoms with E-state index in [-0.39, 0.29) is 12.3 Å². The van der Waals surface area contributed by atoms with Gasteiger partial charge in [-0.25, -0.2) is 4.98 Å². The molecule has 8 heteroatoms. The number of aliphatic carboxylic acids is 1. The summed E-state index contributed by atoms with van der Waals surface area (Å²) in [6.45, 7) is 8.33. The predicted molar refractivity (Wildman–Crippen MR) is 162 cm³/mol. The number of hydrogen-bond acceptors (Lipinski definition) is 6. The lowest BCUT2D eigenvalue weighted by Crippen LogP contribution is -2.38. The molecular formula is C33H43N3O5. The fourth-order valence-electron chi connectivity index (χ4n) is 4.33. The number of amides is 1. The van der Waals surface area contributed by atoms with E-state index in [2.05, 4.69) is 29.5 Å². The molecule has 0 saturated carbocycles. The lowest BCUT2D eigenvalue weighted by molar-refractivity contribution is -0.137. The maximum atomic E-state index is 12.9. The van der Waals surface area contributed by atoms with E-state index in [1.165, 1.54) is 6.42 Å². The van der Waals surface area contributed by atoms with Crippen molar-refractivity contribution in [1.82, 2.24) is 10.3 Å². The molecule has 0 radical (unpaired) electrons. The first kappa shape index (κ1) is 31.5. The Kier molecular flexibility index (Phi) is 13.0. The minimum absolute atomic E-state index is 0.176. The van der Waals surface area contributed by atoms with Crippen LogP contribution in [0.5, 0.6) is 11.5 Å². The van der Waals surface area contributed by atoms with Gasteiger partial charge in [0.1, 0.15) is 17.3 Å². The normalized spacial score (nSPS) is 11.6. The Balaban J connectivity index is 1.43. The standard InChI is InChI=1S/C33H43N3O5/c1-24(2)8-4-5-20-40-30-17-13-27(14-18-30)33(39)36-28(23-32(37)38)22-26-11-15-29(16-12-26)41-21-7-19-34-31-10-6-9-25(3)35-31/h6,9-18,24,28H,4-5,7-8,19-23H2,1-3H3,(H,34,35)(H,36,39)(H,37,38). The van der Waals surface area contributed by atoms with Crippen molar-refractivity contribution in [2.45, 2.75) is 65.3 Å². The lowest BCUT2D eigenvalue weighted by Gasteiger charge is -2.18. The molecule has 3 N–H and O–H groups in total. The highest BCUT2D eigenvalue weighted by Crippen LogP contribution is 2.17. The fourth-order valence-corrected chi connectivity index (χ4v) is 4.33. The van der Waals surface area contributed by atoms with Crippen molar-refractivity contribution >= 4 is 17.7 Å². The third-order valence-electron chi connectivity index (χ3n) is 6.51. The van der Waals surface area contributed by atoms with Gasteiger partial charge in [0.2, 0.25) is 0 Å². The molecule has 0 aliphatic rings. The quantitative estimate of drug-likeness (QED) is 0.157. The van der Waals surface area contributed by atoms with Gasteiger partial charge in [-0.05, 0) is 92.6 Å². The van der Waals surface area contributed by atoms with Crippen LogP contribution in [0.4, 0.5) is 5.82 Å². The molecule has 0 aliphatic heterocycles. The Hall–Kier alpha value is -4.07. The molecule has 1 aromatic heterocycles. The number of nitrogens with zero attached hydrogens (tertiary/aromatic N) is 1. The third-order valence-corrected chi connectivity index (χ3v) is 6.51. The van der Waals surface area contributed by atoms with E-state index in [0.717, 1.165) is 54.4 Å². The first-order valence-electron chi connectivity index (χ1n) is 14.4. The SMILES string of the molecule is Cc1cccc(NCCCOc2ccc(CC(CC(=O)O)NC(=O)c3ccc(OCCCCC(C)C)cc3)cc2)n1. The molecule has 1 atom stereocenters. The Labute approximate surface area is 243 Å². The van der Waals surface area contributed by atoms with Gasteiger partial charge in [-0.15, -0.1) is 0 Å². The number of unbranched alkanes of at least 4 members (excludes halogenated alkanes) is 1. The van der Waals surface area contributed by atoms with Gasteiger partial charge in [-0.3, -0.25) is 9.59 Å². The molecule has 8 nitrogen and oxygen atoms in total. The van der Waals surface area contributed by atoms with E-state index < -0.39 is 12.0 Å². The number of anilines is 1. The van der Waals surface area contributed by atoms with Crippen molar-refractivity contribution in [3.8, 4) is 11.5 Å². The highest BCUT2D eigenvalue weighted by Gasteiger charge is 2.18. The third kappa shape index (κ3) is 12.3. The van der Waals surface area contributed by atoms with Crippen LogP contribution in [0, 0.1) is 12.8 Å². The summed E-state index contributed by atoms with van der Waals surface area (Å²) in [7, 11) is 0. The summed E-state index contributed by atoms with van der Waals surface area (Å²) in [4.78, 5) is 28.8. The first-order chi connectivity index (χ1) is 19.8. The molecule has 1 amide bonds. The number of nitrogens with one attached hydrogen (secondary N) is 2. The zero-order chi connectivity index (χ0) is 29.5. The molecule has 2 aromatic carbocycles. The molecule has 3 aromatic rings. The summed E-state index contributed by atoms with van der Waals surface area (Å²) in [5, 5.41) is 15.6. The van der Waals surface area contributed by atoms with Crippen LogP contribution >= 0.6 is 0 Å². The minimum atomic E-state index is -0.967. The predicted octanol–water partition coefficient (Wildman–Crippen LogP) is 6.29. The maximum absolute atomic E-state index is 12.9. The monoisotopic (exact) mass is 561 g/mol. The van der Waals surface area contributed by atoms with E-state index in [1.54, 1.807) is 24.3 Å². The van der Waals surface area contributed by atoms with Crippen molar-refractivity contribution in [1.29, 1.82) is 0 Å². The van der Waals surface area contributed by atoms with Crippen LogP contribution in [-0.4, -0.2) is 47.8 Å². The van der Waals surface area contributed by atoms with Crippen LogP contribution in [0.3, 0.4) is 0 Å². The van der Waals surface area contributed by atoms with Gasteiger partial charge < -0.3 is 25.2 Å². The van der Waals surface area contributed by atoms with E-state index in [4.69, 9.17) is 9.47 Å². The maximum Gasteiger partial charge on any atom is 0.305 e. The number of carboxylic acids is 1. The molecule has 41 heavy (non-hydrogen) atoms. The number of aromatic nitrogens is 1. The molecule has 1 unspecified atom stereocenters. The lowest BCUT2D eigenvalue weighted by atomic mass is 10.0. The van der Waals surface area contributed by atoms with Crippen molar-refractivity contribution in [3.63, 3.8) is 0 Å². The van der Waals surface area contributed by atoms with Crippen LogP contribution in [0.2, 0.25) is 0 Å². The smallest absolute Gasteiger partial charge is 0.305 e. The number of rotatable bonds is 18. The molecule has 220 valence electrons. The first-order valence-corrected chi connectivity index (χ1v) is 14.4. The summed E-state index contributed by atoms with van der Waals surface area (Å²) in [6, 6.07) is 19.8. The van der Waals surface area contributed by atoms with Gasteiger partial charge >= 0.3 is 5.97 Å². The van der Waals surface area contributed by atoms with Gasteiger partial charge in [0.05, 0.1) is 19.6 Å². The van der Waals surface area contributed by atoms with E-state index >= 15 is 0 Å². The minimum Gasteiger partial charge on any atom is -0.494 e. The molecular weight excluding hydrogens is 518 g/mol. The van der Waals surface area contributed by atoms with Crippen LogP contribution in [-0.2, 0) is 11.2 Å². The summed E-state index contributed by atoms with van der Waals surface area (Å²) < 4.78 is 11.6. The van der Waals surface area contributed by atoms with Gasteiger partial charge in [0, 0.05) is 23.8 Å². The van der Waals surface area contributed by atoms with Crippen LogP contribution < -0.4 is 20.1 Å². The van der Waals surface area contributed by atoms with E-state index in [9.17, 15) is 14.7 Å². The fraction of sp³-hybridized carbons (Fsp3) is 0.424. The Morgan fingerprint density at radius 2 is 1.54 bits per heavy atom. The van der Waals surface area contributed by atoms with Gasteiger partial charge in [-0.2, -0.15) is 0 Å². The molecule has 0 aliphatic carbocycles. The second-order valence-corrected chi connectivity index (χ2v) is 10.7. The van der Waals surface area contributed by atoms with Crippen LogP contribution in [0.1, 0.15) is 67.6 Å². The van der Waals surface area contributed by atoms with E-state index in [1.807, 2.05) is 49.4 Å². The average Bonchev–Trinajstić information content (AvgIpc) is 2.93. The van der Waals surface area contributed by atoms with Crippen molar-refractivity contribution in [3.05, 3.63) is 83.6 Å². The molecule has 1 heterocycles. The Morgan fingerprint density at radius 1 is 0.878 bits per heavy atom. The number of carbonyl (C=O) groups is 2. The zero-order valence-corrected chi connectivity index (χ0v) is 24.4. The largest absolute Gasteiger partial charge is 0.494 e. The number of hydrogen-bond donors (Lipinski definition) is 3. The number of benzene rings is 2. The van der Waals surface area contributed by atoms with E-state index in [0.29, 0.717) is 31.1 Å². The molecule has 0 fully saturated rings. The topological polar surface area (TPSA) is 110 Å². The number of carbonyl (C=O) groups excluding carboxylic acids is 1. The van der Waals surface area contributed by atoms with Crippen molar-refractivity contribution in [2.24, 2.45) is 5.92 Å². The van der Waals surface area contributed by atoms with Gasteiger partial charge in [-0.1, -0.05) is 38.5 Å². The number of aryl methyl sites for hydroxylation is 1. The Bertz CT molecular complexity index is 1210. The van der Waals surface area contributed by atoms with Gasteiger partial charge in [0.25, 0.3) is 5.91 Å². The highest BCUT2D eigenvalue weighted by atomic mass is 16.5. The summed E-state index contributed by atoms with van der Waals surface area (Å²) in [5.41, 5.74) is 2.35.